The van der Waals surface area contributed by atoms with Gasteiger partial charge in [0.15, 0.2) is 0 Å². The number of epoxide rings is 1. The van der Waals surface area contributed by atoms with Crippen LogP contribution in [0.5, 0.6) is 0 Å². The van der Waals surface area contributed by atoms with Gasteiger partial charge in [-0.15, -0.1) is 0 Å². The molecule has 1 atom stereocenters. The van der Waals surface area contributed by atoms with Crippen LogP contribution in [0, 0.1) is 0 Å². The first-order valence-electron chi connectivity index (χ1n) is 6.84. The highest BCUT2D eigenvalue weighted by molar-refractivity contribution is 6.78. The van der Waals surface area contributed by atoms with Gasteiger partial charge in [-0.3, -0.25) is 0 Å². The zero-order valence-corrected chi connectivity index (χ0v) is 12.8. The van der Waals surface area contributed by atoms with E-state index in [2.05, 4.69) is 80.3 Å². The Kier molecular flexibility index (Phi) is 2.88. The van der Waals surface area contributed by atoms with Crippen molar-refractivity contribution in [2.75, 3.05) is 0 Å². The van der Waals surface area contributed by atoms with E-state index >= 15 is 0 Å². The number of rotatable bonds is 3. The molecule has 1 saturated heterocycles. The molecular formula is C17H20OSi. The van der Waals surface area contributed by atoms with Gasteiger partial charge in [0.05, 0.1) is 13.8 Å². The van der Waals surface area contributed by atoms with Crippen molar-refractivity contribution in [3.63, 3.8) is 0 Å². The lowest BCUT2D eigenvalue weighted by atomic mass is 9.92. The molecule has 2 aromatic carbocycles. The Labute approximate surface area is 116 Å². The summed E-state index contributed by atoms with van der Waals surface area (Å²) in [6.45, 7) is 7.14. The third-order valence-electron chi connectivity index (χ3n) is 3.81. The standard InChI is InChI=1S/C17H20OSi/c1-19(2,3)16-17(18-16,14-10-6-4-7-11-14)15-12-8-5-9-13-15/h4-13,16H,1-3H3. The molecule has 1 heterocycles. The first kappa shape index (κ1) is 12.6. The molecule has 1 aliphatic heterocycles. The Morgan fingerprint density at radius 3 is 1.53 bits per heavy atom. The maximum Gasteiger partial charge on any atom is 0.141 e. The maximum absolute atomic E-state index is 6.30. The molecule has 0 amide bonds. The van der Waals surface area contributed by atoms with E-state index in [0.717, 1.165) is 0 Å². The van der Waals surface area contributed by atoms with Crippen LogP contribution in [0.15, 0.2) is 60.7 Å². The summed E-state index contributed by atoms with van der Waals surface area (Å²) in [6, 6.07) is 21.3. The Hall–Kier alpha value is -1.38. The third-order valence-corrected chi connectivity index (χ3v) is 5.91. The fraction of sp³-hybridized carbons (Fsp3) is 0.294. The summed E-state index contributed by atoms with van der Waals surface area (Å²) in [7, 11) is -1.35. The van der Waals surface area contributed by atoms with Crippen LogP contribution < -0.4 is 0 Å². The van der Waals surface area contributed by atoms with Gasteiger partial charge >= 0.3 is 0 Å². The second-order valence-electron chi connectivity index (χ2n) is 6.33. The molecule has 1 unspecified atom stereocenters. The van der Waals surface area contributed by atoms with Crippen molar-refractivity contribution in [1.29, 1.82) is 0 Å². The van der Waals surface area contributed by atoms with Crippen LogP contribution in [0.25, 0.3) is 0 Å². The van der Waals surface area contributed by atoms with E-state index in [-0.39, 0.29) is 5.60 Å². The monoisotopic (exact) mass is 268 g/mol. The average Bonchev–Trinajstić information content (AvgIpc) is 3.18. The van der Waals surface area contributed by atoms with Crippen LogP contribution in [0.2, 0.25) is 19.6 Å². The van der Waals surface area contributed by atoms with Gasteiger partial charge in [0.25, 0.3) is 0 Å². The topological polar surface area (TPSA) is 12.5 Å². The van der Waals surface area contributed by atoms with Crippen molar-refractivity contribution in [3.05, 3.63) is 71.8 Å². The van der Waals surface area contributed by atoms with Gasteiger partial charge in [-0.1, -0.05) is 80.3 Å². The highest BCUT2D eigenvalue weighted by atomic mass is 28.3. The SMILES string of the molecule is C[Si](C)(C)C1OC1(c1ccccc1)c1ccccc1. The highest BCUT2D eigenvalue weighted by Gasteiger charge is 2.63. The summed E-state index contributed by atoms with van der Waals surface area (Å²) in [5.74, 6) is 0. The summed E-state index contributed by atoms with van der Waals surface area (Å²) in [4.78, 5) is 0. The van der Waals surface area contributed by atoms with Crippen LogP contribution >= 0.6 is 0 Å². The van der Waals surface area contributed by atoms with E-state index in [1.165, 1.54) is 11.1 Å². The summed E-state index contributed by atoms with van der Waals surface area (Å²) < 4.78 is 6.30. The first-order valence-corrected chi connectivity index (χ1v) is 10.4. The molecule has 2 heteroatoms. The number of hydrogen-bond acceptors (Lipinski definition) is 1. The maximum atomic E-state index is 6.30. The van der Waals surface area contributed by atoms with Crippen molar-refractivity contribution in [2.45, 2.75) is 31.0 Å². The van der Waals surface area contributed by atoms with Gasteiger partial charge in [0, 0.05) is 0 Å². The largest absolute Gasteiger partial charge is 0.360 e. The fourth-order valence-electron chi connectivity index (χ4n) is 2.92. The Morgan fingerprint density at radius 1 is 0.789 bits per heavy atom. The van der Waals surface area contributed by atoms with Crippen molar-refractivity contribution in [2.24, 2.45) is 0 Å². The summed E-state index contributed by atoms with van der Waals surface area (Å²) >= 11 is 0. The van der Waals surface area contributed by atoms with Crippen LogP contribution in [0.4, 0.5) is 0 Å². The molecule has 1 aliphatic rings. The number of hydrogen-bond donors (Lipinski definition) is 0. The minimum atomic E-state index is -1.35. The van der Waals surface area contributed by atoms with E-state index in [0.29, 0.717) is 5.73 Å². The summed E-state index contributed by atoms with van der Waals surface area (Å²) in [5, 5.41) is 0. The van der Waals surface area contributed by atoms with Gasteiger partial charge in [0.2, 0.25) is 0 Å². The minimum absolute atomic E-state index is 0.201. The second-order valence-corrected chi connectivity index (χ2v) is 11.6. The molecule has 1 nitrogen and oxygen atoms in total. The molecule has 0 spiro atoms. The van der Waals surface area contributed by atoms with Gasteiger partial charge in [-0.05, 0) is 11.1 Å². The predicted octanol–water partition coefficient (Wildman–Crippen LogP) is 4.21. The van der Waals surface area contributed by atoms with Crippen molar-refractivity contribution in [3.8, 4) is 0 Å². The molecule has 0 bridgehead atoms. The van der Waals surface area contributed by atoms with Crippen molar-refractivity contribution >= 4 is 8.07 Å². The first-order chi connectivity index (χ1) is 9.05. The van der Waals surface area contributed by atoms with Gasteiger partial charge < -0.3 is 4.74 Å². The summed E-state index contributed by atoms with van der Waals surface area (Å²) in [6.07, 6.45) is 0. The molecule has 3 rings (SSSR count). The average molecular weight is 268 g/mol. The van der Waals surface area contributed by atoms with Crippen LogP contribution in [0.3, 0.4) is 0 Å². The molecule has 0 aliphatic carbocycles. The van der Waals surface area contributed by atoms with Crippen LogP contribution in [0.1, 0.15) is 11.1 Å². The van der Waals surface area contributed by atoms with E-state index in [4.69, 9.17) is 4.74 Å². The molecule has 0 saturated carbocycles. The van der Waals surface area contributed by atoms with Crippen molar-refractivity contribution < 1.29 is 4.74 Å². The van der Waals surface area contributed by atoms with E-state index < -0.39 is 8.07 Å². The van der Waals surface area contributed by atoms with Crippen molar-refractivity contribution in [1.82, 2.24) is 0 Å². The number of benzene rings is 2. The molecular weight excluding hydrogens is 248 g/mol. The molecule has 98 valence electrons. The van der Waals surface area contributed by atoms with Gasteiger partial charge in [-0.25, -0.2) is 0 Å². The lowest BCUT2D eigenvalue weighted by Crippen LogP contribution is -2.34. The zero-order chi connectivity index (χ0) is 13.5. The lowest BCUT2D eigenvalue weighted by Gasteiger charge is -2.19. The Balaban J connectivity index is 2.10. The quantitative estimate of drug-likeness (QED) is 0.600. The minimum Gasteiger partial charge on any atom is -0.360 e. The smallest absolute Gasteiger partial charge is 0.141 e. The molecule has 19 heavy (non-hydrogen) atoms. The predicted molar refractivity (Wildman–Crippen MR) is 81.9 cm³/mol. The van der Waals surface area contributed by atoms with E-state index in [9.17, 15) is 0 Å². The number of ether oxygens (including phenoxy) is 1. The third kappa shape index (κ3) is 2.05. The zero-order valence-electron chi connectivity index (χ0n) is 11.8. The molecule has 2 aromatic rings. The molecule has 0 aromatic heterocycles. The van der Waals surface area contributed by atoms with Crippen LogP contribution in [-0.4, -0.2) is 13.8 Å². The second kappa shape index (κ2) is 4.32. The normalized spacial score (nSPS) is 21.1. The molecule has 1 fully saturated rings. The highest BCUT2D eigenvalue weighted by Crippen LogP contribution is 2.54. The van der Waals surface area contributed by atoms with Gasteiger partial charge in [0.1, 0.15) is 5.60 Å². The molecule has 0 N–H and O–H groups in total. The van der Waals surface area contributed by atoms with E-state index in [1.807, 2.05) is 0 Å². The lowest BCUT2D eigenvalue weighted by molar-refractivity contribution is 0.341. The summed E-state index contributed by atoms with van der Waals surface area (Å²) in [5.41, 5.74) is 2.74. The molecule has 0 radical (unpaired) electrons. The Morgan fingerprint density at radius 2 is 1.21 bits per heavy atom. The van der Waals surface area contributed by atoms with E-state index in [1.54, 1.807) is 0 Å². The fourth-order valence-corrected chi connectivity index (χ4v) is 5.01. The van der Waals surface area contributed by atoms with Gasteiger partial charge in [-0.2, -0.15) is 0 Å². The Bertz CT molecular complexity index is 517. The van der Waals surface area contributed by atoms with Crippen LogP contribution in [-0.2, 0) is 10.3 Å².